The molecule has 2 aromatic carbocycles. The Kier molecular flexibility index (Phi) is 6.39. The number of hydrogen-bond donors (Lipinski definition) is 0. The topological polar surface area (TPSA) is 77.1 Å². The molecule has 0 aliphatic carbocycles. The molecule has 180 valence electrons. The Bertz CT molecular complexity index is 1310. The molecule has 1 saturated heterocycles. The minimum absolute atomic E-state index is 0.00937. The highest BCUT2D eigenvalue weighted by Gasteiger charge is 2.27. The van der Waals surface area contributed by atoms with Crippen molar-refractivity contribution in [2.45, 2.75) is 38.6 Å². The van der Waals surface area contributed by atoms with Gasteiger partial charge in [-0.1, -0.05) is 6.92 Å². The van der Waals surface area contributed by atoms with Gasteiger partial charge in [0.1, 0.15) is 23.9 Å². The van der Waals surface area contributed by atoms with Gasteiger partial charge in [0.15, 0.2) is 17.5 Å². The predicted molar refractivity (Wildman–Crippen MR) is 125 cm³/mol. The zero-order chi connectivity index (χ0) is 24.4. The fourth-order valence-corrected chi connectivity index (χ4v) is 4.26. The van der Waals surface area contributed by atoms with Gasteiger partial charge in [0, 0.05) is 36.6 Å². The van der Waals surface area contributed by atoms with Gasteiger partial charge >= 0.3 is 0 Å². The van der Waals surface area contributed by atoms with E-state index in [1.807, 2.05) is 11.8 Å². The Morgan fingerprint density at radius 2 is 1.63 bits per heavy atom. The predicted octanol–water partition coefficient (Wildman–Crippen LogP) is 4.85. The van der Waals surface area contributed by atoms with Crippen LogP contribution in [0.5, 0.6) is 0 Å². The summed E-state index contributed by atoms with van der Waals surface area (Å²) in [5, 5.41) is 4.54. The first kappa shape index (κ1) is 22.9. The number of likely N-dealkylation sites (tertiary alicyclic amines) is 1. The minimum Gasteiger partial charge on any atom is -0.445 e. The van der Waals surface area contributed by atoms with Gasteiger partial charge in [-0.2, -0.15) is 0 Å². The van der Waals surface area contributed by atoms with Crippen LogP contribution in [0.4, 0.5) is 8.78 Å². The first-order valence-electron chi connectivity index (χ1n) is 11.7. The number of rotatable bonds is 6. The van der Waals surface area contributed by atoms with Gasteiger partial charge in [-0.15, -0.1) is 5.10 Å². The van der Waals surface area contributed by atoms with Crippen LogP contribution in [0.2, 0.25) is 0 Å². The lowest BCUT2D eigenvalue weighted by molar-refractivity contribution is -0.133. The van der Waals surface area contributed by atoms with Crippen molar-refractivity contribution in [3.05, 3.63) is 78.0 Å². The number of piperidine rings is 1. The van der Waals surface area contributed by atoms with Gasteiger partial charge in [-0.3, -0.25) is 4.79 Å². The third-order valence-corrected chi connectivity index (χ3v) is 6.28. The Hall–Kier alpha value is -3.88. The van der Waals surface area contributed by atoms with Crippen molar-refractivity contribution in [3.8, 4) is 22.8 Å². The lowest BCUT2D eigenvalue weighted by Gasteiger charge is -2.30. The normalized spacial score (nSPS) is 14.4. The number of carbonyl (C=O) groups is 1. The fraction of sp³-hybridized carbons (Fsp3) is 0.308. The van der Waals surface area contributed by atoms with Crippen molar-refractivity contribution in [3.63, 3.8) is 0 Å². The van der Waals surface area contributed by atoms with Crippen molar-refractivity contribution < 1.29 is 18.0 Å². The van der Waals surface area contributed by atoms with Crippen molar-refractivity contribution in [1.29, 1.82) is 0 Å². The molecule has 35 heavy (non-hydrogen) atoms. The summed E-state index contributed by atoms with van der Waals surface area (Å²) < 4.78 is 34.2. The molecule has 0 bridgehead atoms. The molecule has 0 N–H and O–H groups in total. The Balaban J connectivity index is 1.34. The van der Waals surface area contributed by atoms with E-state index in [0.29, 0.717) is 35.9 Å². The van der Waals surface area contributed by atoms with Crippen LogP contribution in [0.25, 0.3) is 22.8 Å². The van der Waals surface area contributed by atoms with E-state index in [1.165, 1.54) is 28.9 Å². The molecule has 1 aliphatic rings. The van der Waals surface area contributed by atoms with Crippen molar-refractivity contribution in [1.82, 2.24) is 24.6 Å². The second-order valence-electron chi connectivity index (χ2n) is 8.60. The second kappa shape index (κ2) is 9.77. The van der Waals surface area contributed by atoms with Gasteiger partial charge in [0.2, 0.25) is 5.91 Å². The SMILES string of the molecule is CCc1cnc(C2CCN(C(=O)Cn3nc(-c4ccc(F)cc4)nc3-c3ccc(F)cc3)CC2)o1. The Labute approximate surface area is 201 Å². The van der Waals surface area contributed by atoms with Crippen LogP contribution < -0.4 is 0 Å². The van der Waals surface area contributed by atoms with Crippen molar-refractivity contribution in [2.24, 2.45) is 0 Å². The highest BCUT2D eigenvalue weighted by molar-refractivity contribution is 5.77. The van der Waals surface area contributed by atoms with E-state index in [1.54, 1.807) is 30.5 Å². The summed E-state index contributed by atoms with van der Waals surface area (Å²) in [6.45, 7) is 3.21. The second-order valence-corrected chi connectivity index (χ2v) is 8.60. The van der Waals surface area contributed by atoms with Crippen LogP contribution in [0.1, 0.15) is 37.3 Å². The minimum atomic E-state index is -0.366. The molecule has 1 fully saturated rings. The van der Waals surface area contributed by atoms with Crippen molar-refractivity contribution in [2.75, 3.05) is 13.1 Å². The summed E-state index contributed by atoms with van der Waals surface area (Å²) in [5.41, 5.74) is 1.26. The molecule has 1 aliphatic heterocycles. The number of oxazole rings is 1. The van der Waals surface area contributed by atoms with Crippen LogP contribution in [0, 0.1) is 11.6 Å². The quantitative estimate of drug-likeness (QED) is 0.397. The maximum absolute atomic E-state index is 13.5. The number of carbonyl (C=O) groups excluding carboxylic acids is 1. The van der Waals surface area contributed by atoms with Gasteiger partial charge in [0.25, 0.3) is 0 Å². The van der Waals surface area contributed by atoms with Crippen LogP contribution in [0.15, 0.2) is 59.1 Å². The molecule has 0 spiro atoms. The average molecular weight is 478 g/mol. The smallest absolute Gasteiger partial charge is 0.244 e. The zero-order valence-electron chi connectivity index (χ0n) is 19.3. The molecule has 0 unspecified atom stereocenters. The molecule has 5 rings (SSSR count). The highest BCUT2D eigenvalue weighted by Crippen LogP contribution is 2.28. The lowest BCUT2D eigenvalue weighted by Crippen LogP contribution is -2.40. The summed E-state index contributed by atoms with van der Waals surface area (Å²) in [5.74, 6) is 1.82. The molecular formula is C26H25F2N5O2. The Morgan fingerprint density at radius 3 is 2.23 bits per heavy atom. The van der Waals surface area contributed by atoms with E-state index in [0.717, 1.165) is 30.9 Å². The summed E-state index contributed by atoms with van der Waals surface area (Å²) in [4.78, 5) is 24.0. The van der Waals surface area contributed by atoms with Gasteiger partial charge in [-0.25, -0.2) is 23.4 Å². The fourth-order valence-electron chi connectivity index (χ4n) is 4.26. The van der Waals surface area contributed by atoms with E-state index in [2.05, 4.69) is 15.1 Å². The van der Waals surface area contributed by atoms with Gasteiger partial charge in [-0.05, 0) is 61.4 Å². The van der Waals surface area contributed by atoms with E-state index < -0.39 is 0 Å². The number of benzene rings is 2. The number of nitrogens with zero attached hydrogens (tertiary/aromatic N) is 5. The molecule has 7 nitrogen and oxygen atoms in total. The van der Waals surface area contributed by atoms with Crippen LogP contribution in [0.3, 0.4) is 0 Å². The molecule has 0 radical (unpaired) electrons. The molecule has 0 saturated carbocycles. The number of halogens is 2. The zero-order valence-corrected chi connectivity index (χ0v) is 19.3. The van der Waals surface area contributed by atoms with Gasteiger partial charge in [0.05, 0.1) is 6.20 Å². The third-order valence-electron chi connectivity index (χ3n) is 6.28. The molecular weight excluding hydrogens is 452 g/mol. The van der Waals surface area contributed by atoms with Crippen LogP contribution in [-0.2, 0) is 17.8 Å². The molecule has 0 atom stereocenters. The first-order valence-corrected chi connectivity index (χ1v) is 11.7. The largest absolute Gasteiger partial charge is 0.445 e. The van der Waals surface area contributed by atoms with Gasteiger partial charge < -0.3 is 9.32 Å². The third kappa shape index (κ3) is 4.99. The number of amides is 1. The Morgan fingerprint density at radius 1 is 1.00 bits per heavy atom. The van der Waals surface area contributed by atoms with E-state index in [9.17, 15) is 13.6 Å². The van der Waals surface area contributed by atoms with E-state index in [4.69, 9.17) is 4.42 Å². The molecule has 1 amide bonds. The number of hydrogen-bond acceptors (Lipinski definition) is 5. The molecule has 2 aromatic heterocycles. The summed E-state index contributed by atoms with van der Waals surface area (Å²) >= 11 is 0. The standard InChI is InChI=1S/C26H25F2N5O2/c1-2-22-15-29-26(35-22)19-11-13-32(14-12-19)23(34)16-33-25(18-5-9-21(28)10-6-18)30-24(31-33)17-3-7-20(27)8-4-17/h3-10,15,19H,2,11-14,16H2,1H3. The first-order chi connectivity index (χ1) is 17.0. The highest BCUT2D eigenvalue weighted by atomic mass is 19.1. The monoisotopic (exact) mass is 477 g/mol. The van der Waals surface area contributed by atoms with E-state index in [-0.39, 0.29) is 30.0 Å². The van der Waals surface area contributed by atoms with Crippen molar-refractivity contribution >= 4 is 5.91 Å². The number of aryl methyl sites for hydroxylation is 1. The number of aromatic nitrogens is 4. The maximum atomic E-state index is 13.5. The molecule has 9 heteroatoms. The summed E-state index contributed by atoms with van der Waals surface area (Å²) in [6, 6.07) is 11.7. The average Bonchev–Trinajstić information content (AvgIpc) is 3.53. The van der Waals surface area contributed by atoms with Crippen LogP contribution in [-0.4, -0.2) is 43.6 Å². The lowest BCUT2D eigenvalue weighted by atomic mass is 9.97. The van der Waals surface area contributed by atoms with E-state index >= 15 is 0 Å². The van der Waals surface area contributed by atoms with Crippen LogP contribution >= 0.6 is 0 Å². The molecule has 4 aromatic rings. The summed E-state index contributed by atoms with van der Waals surface area (Å²) in [7, 11) is 0. The summed E-state index contributed by atoms with van der Waals surface area (Å²) in [6.07, 6.45) is 4.13. The maximum Gasteiger partial charge on any atom is 0.244 e. The molecule has 3 heterocycles.